The number of nitriles is 1. The average molecular weight is 285 g/mol. The molecule has 100 valence electrons. The number of carbonyl (C=O) groups excluding carboxylic acids is 2. The van der Waals surface area contributed by atoms with E-state index in [9.17, 15) is 9.59 Å². The molecule has 2 rings (SSSR count). The Morgan fingerprint density at radius 2 is 2.20 bits per heavy atom. The lowest BCUT2D eigenvalue weighted by Gasteiger charge is -2.01. The summed E-state index contributed by atoms with van der Waals surface area (Å²) in [6, 6.07) is 8.54. The smallest absolute Gasteiger partial charge is 0.197 e. The molecule has 0 spiro atoms. The molecule has 0 bridgehead atoms. The minimum absolute atomic E-state index is 0.409. The molecule has 0 saturated heterocycles. The van der Waals surface area contributed by atoms with Gasteiger partial charge in [-0.2, -0.15) is 5.26 Å². The van der Waals surface area contributed by atoms with Gasteiger partial charge < -0.3 is 4.42 Å². The number of carbonyl (C=O) groups is 2. The van der Waals surface area contributed by atoms with Gasteiger partial charge in [0.2, 0.25) is 0 Å². The number of rotatable bonds is 5. The molecule has 0 fully saturated rings. The van der Waals surface area contributed by atoms with Crippen molar-refractivity contribution in [2.24, 2.45) is 5.92 Å². The molecule has 2 aromatic heterocycles. The van der Waals surface area contributed by atoms with Gasteiger partial charge in [-0.1, -0.05) is 6.07 Å². The second-order valence-electron chi connectivity index (χ2n) is 4.09. The maximum atomic E-state index is 12.0. The average Bonchev–Trinajstić information content (AvgIpc) is 3.08. The highest BCUT2D eigenvalue weighted by molar-refractivity contribution is 7.12. The topological polar surface area (TPSA) is 71.1 Å². The number of ketones is 2. The molecule has 0 amide bonds. The third-order valence-electron chi connectivity index (χ3n) is 2.61. The van der Waals surface area contributed by atoms with Crippen LogP contribution in [0.5, 0.6) is 0 Å². The molecule has 1 atom stereocenters. The summed E-state index contributed by atoms with van der Waals surface area (Å²) in [5.41, 5.74) is 0. The second kappa shape index (κ2) is 6.13. The Morgan fingerprint density at radius 3 is 2.75 bits per heavy atom. The van der Waals surface area contributed by atoms with Gasteiger partial charge in [-0.15, -0.1) is 11.3 Å². The monoisotopic (exact) mass is 285 g/mol. The molecule has 1 unspecified atom stereocenters. The van der Waals surface area contributed by atoms with E-state index in [-0.39, 0.29) is 0 Å². The van der Waals surface area contributed by atoms with Crippen LogP contribution in [-0.4, -0.2) is 11.6 Å². The van der Waals surface area contributed by atoms with E-state index in [0.717, 1.165) is 5.76 Å². The van der Waals surface area contributed by atoms with Crippen molar-refractivity contribution in [1.82, 2.24) is 0 Å². The molecule has 2 aromatic rings. The van der Waals surface area contributed by atoms with Crippen molar-refractivity contribution in [2.75, 3.05) is 0 Å². The molecule has 0 aliphatic heterocycles. The Hall–Kier alpha value is -2.45. The minimum Gasteiger partial charge on any atom is -0.462 e. The lowest BCUT2D eigenvalue weighted by molar-refractivity contribution is -0.115. The van der Waals surface area contributed by atoms with E-state index in [1.807, 2.05) is 0 Å². The summed E-state index contributed by atoms with van der Waals surface area (Å²) in [6.45, 7) is 1.79. The Labute approximate surface area is 120 Å². The van der Waals surface area contributed by atoms with Gasteiger partial charge in [-0.25, -0.2) is 0 Å². The molecule has 20 heavy (non-hydrogen) atoms. The van der Waals surface area contributed by atoms with Crippen LogP contribution < -0.4 is 0 Å². The van der Waals surface area contributed by atoms with Crippen LogP contribution in [0.1, 0.15) is 21.2 Å². The van der Waals surface area contributed by atoms with Crippen LogP contribution >= 0.6 is 11.3 Å². The highest BCUT2D eigenvalue weighted by atomic mass is 32.1. The van der Waals surface area contributed by atoms with E-state index in [1.165, 1.54) is 23.5 Å². The number of aryl methyl sites for hydroxylation is 1. The number of Topliss-reactive ketones (excluding diaryl/α,β-unsaturated/α-hetero) is 1. The van der Waals surface area contributed by atoms with Gasteiger partial charge in [0.05, 0.1) is 10.9 Å². The maximum absolute atomic E-state index is 12.0. The molecular formula is C15H11NO3S. The zero-order valence-corrected chi connectivity index (χ0v) is 11.5. The predicted molar refractivity (Wildman–Crippen MR) is 75.2 cm³/mol. The van der Waals surface area contributed by atoms with E-state index in [1.54, 1.807) is 42.6 Å². The number of furan rings is 1. The lowest BCUT2D eigenvalue weighted by Crippen LogP contribution is -2.20. The summed E-state index contributed by atoms with van der Waals surface area (Å²) in [6.07, 6.45) is 2.67. The summed E-state index contributed by atoms with van der Waals surface area (Å²) in [5, 5.41) is 10.8. The SMILES string of the molecule is Cc1ccc(/C=C/C(=O)C(C#N)C(=O)c2cccs2)o1. The molecule has 2 heterocycles. The number of allylic oxidation sites excluding steroid dienone is 1. The molecule has 0 N–H and O–H groups in total. The first-order valence-electron chi connectivity index (χ1n) is 5.87. The summed E-state index contributed by atoms with van der Waals surface area (Å²) in [4.78, 5) is 24.3. The lowest BCUT2D eigenvalue weighted by atomic mass is 9.99. The van der Waals surface area contributed by atoms with Crippen molar-refractivity contribution < 1.29 is 14.0 Å². The second-order valence-corrected chi connectivity index (χ2v) is 5.04. The van der Waals surface area contributed by atoms with Crippen LogP contribution in [0.15, 0.2) is 40.1 Å². The van der Waals surface area contributed by atoms with Crippen molar-refractivity contribution >= 4 is 29.0 Å². The normalized spacial score (nSPS) is 12.2. The number of thiophene rings is 1. The summed E-state index contributed by atoms with van der Waals surface area (Å²) < 4.78 is 5.28. The number of hydrogen-bond donors (Lipinski definition) is 0. The van der Waals surface area contributed by atoms with Gasteiger partial charge in [0, 0.05) is 0 Å². The van der Waals surface area contributed by atoms with Gasteiger partial charge in [-0.05, 0) is 42.7 Å². The van der Waals surface area contributed by atoms with Gasteiger partial charge in [0.1, 0.15) is 11.5 Å². The van der Waals surface area contributed by atoms with Gasteiger partial charge >= 0.3 is 0 Å². The fourth-order valence-electron chi connectivity index (χ4n) is 1.62. The van der Waals surface area contributed by atoms with Crippen LogP contribution in [-0.2, 0) is 4.79 Å². The van der Waals surface area contributed by atoms with E-state index in [2.05, 4.69) is 0 Å². The highest BCUT2D eigenvalue weighted by Crippen LogP contribution is 2.16. The molecule has 0 saturated carbocycles. The van der Waals surface area contributed by atoms with Crippen LogP contribution in [0.4, 0.5) is 0 Å². The fraction of sp³-hybridized carbons (Fsp3) is 0.133. The van der Waals surface area contributed by atoms with Gasteiger partial charge in [0.25, 0.3) is 0 Å². The first kappa shape index (κ1) is 14.0. The van der Waals surface area contributed by atoms with E-state index >= 15 is 0 Å². The van der Waals surface area contributed by atoms with E-state index < -0.39 is 17.5 Å². The van der Waals surface area contributed by atoms with E-state index in [0.29, 0.717) is 10.6 Å². The number of nitrogens with zero attached hydrogens (tertiary/aromatic N) is 1. The minimum atomic E-state index is -1.30. The van der Waals surface area contributed by atoms with Crippen molar-refractivity contribution in [1.29, 1.82) is 5.26 Å². The third-order valence-corrected chi connectivity index (χ3v) is 3.50. The maximum Gasteiger partial charge on any atom is 0.197 e. The predicted octanol–water partition coefficient (Wildman–Crippen LogP) is 3.25. The van der Waals surface area contributed by atoms with Crippen molar-refractivity contribution in [2.45, 2.75) is 6.92 Å². The Morgan fingerprint density at radius 1 is 1.40 bits per heavy atom. The largest absolute Gasteiger partial charge is 0.462 e. The van der Waals surface area contributed by atoms with Crippen LogP contribution in [0.2, 0.25) is 0 Å². The van der Waals surface area contributed by atoms with Crippen molar-refractivity contribution in [3.05, 3.63) is 52.1 Å². The summed E-state index contributed by atoms with van der Waals surface area (Å²) >= 11 is 1.21. The molecule has 0 aromatic carbocycles. The third kappa shape index (κ3) is 3.11. The first-order valence-corrected chi connectivity index (χ1v) is 6.75. The van der Waals surface area contributed by atoms with E-state index in [4.69, 9.17) is 9.68 Å². The zero-order valence-electron chi connectivity index (χ0n) is 10.7. The highest BCUT2D eigenvalue weighted by Gasteiger charge is 2.26. The molecule has 4 nitrogen and oxygen atoms in total. The molecule has 0 aliphatic rings. The Bertz CT molecular complexity index is 689. The van der Waals surface area contributed by atoms with Crippen LogP contribution in [0.25, 0.3) is 6.08 Å². The van der Waals surface area contributed by atoms with Crippen LogP contribution in [0.3, 0.4) is 0 Å². The molecular weight excluding hydrogens is 274 g/mol. The zero-order chi connectivity index (χ0) is 14.5. The van der Waals surface area contributed by atoms with Crippen molar-refractivity contribution in [3.63, 3.8) is 0 Å². The van der Waals surface area contributed by atoms with Crippen molar-refractivity contribution in [3.8, 4) is 6.07 Å². The summed E-state index contributed by atoms with van der Waals surface area (Å²) in [7, 11) is 0. The quantitative estimate of drug-likeness (QED) is 0.480. The molecule has 5 heteroatoms. The standard InChI is InChI=1S/C15H11NO3S/c1-10-4-5-11(19-10)6-7-13(17)12(9-16)15(18)14-3-2-8-20-14/h2-8,12H,1H3/b7-6+. The Balaban J connectivity index is 2.12. The van der Waals surface area contributed by atoms with Gasteiger partial charge in [-0.3, -0.25) is 9.59 Å². The fourth-order valence-corrected chi connectivity index (χ4v) is 2.31. The molecule has 0 aliphatic carbocycles. The summed E-state index contributed by atoms with van der Waals surface area (Å²) in [5.74, 6) is -1.08. The molecule has 0 radical (unpaired) electrons. The number of hydrogen-bond acceptors (Lipinski definition) is 5. The Kier molecular flexibility index (Phi) is 4.28. The van der Waals surface area contributed by atoms with Gasteiger partial charge in [0.15, 0.2) is 17.5 Å². The van der Waals surface area contributed by atoms with Crippen LogP contribution in [0, 0.1) is 24.2 Å². The first-order chi connectivity index (χ1) is 9.61.